The number of rotatable bonds is 3. The second kappa shape index (κ2) is 5.86. The summed E-state index contributed by atoms with van der Waals surface area (Å²) in [4.78, 5) is 21.9. The Morgan fingerprint density at radius 3 is 2.83 bits per heavy atom. The second-order valence-electron chi connectivity index (χ2n) is 5.21. The van der Waals surface area contributed by atoms with Crippen LogP contribution < -0.4 is 5.32 Å². The molecule has 0 spiro atoms. The first kappa shape index (κ1) is 14.5. The van der Waals surface area contributed by atoms with Gasteiger partial charge in [-0.25, -0.2) is 9.50 Å². The maximum Gasteiger partial charge on any atom is 0.295 e. The Hall–Kier alpha value is -3.06. The van der Waals surface area contributed by atoms with E-state index in [4.69, 9.17) is 0 Å². The van der Waals surface area contributed by atoms with Crippen LogP contribution in [0.5, 0.6) is 0 Å². The maximum absolute atomic E-state index is 12.5. The van der Waals surface area contributed by atoms with Crippen LogP contribution in [0.2, 0.25) is 0 Å². The fourth-order valence-electron chi connectivity index (χ4n) is 2.42. The highest BCUT2D eigenvalue weighted by Crippen LogP contribution is 2.31. The fourth-order valence-corrected chi connectivity index (χ4v) is 3.19. The molecule has 118 valence electrons. The van der Waals surface area contributed by atoms with Crippen molar-refractivity contribution in [1.29, 1.82) is 0 Å². The summed E-state index contributed by atoms with van der Waals surface area (Å²) in [7, 11) is 0. The van der Waals surface area contributed by atoms with Gasteiger partial charge in [0.2, 0.25) is 5.82 Å². The van der Waals surface area contributed by atoms with Crippen LogP contribution in [0.15, 0.2) is 54.0 Å². The number of aromatic nitrogens is 4. The van der Waals surface area contributed by atoms with Gasteiger partial charge in [-0.1, -0.05) is 24.3 Å². The van der Waals surface area contributed by atoms with Crippen LogP contribution in [0.25, 0.3) is 16.2 Å². The van der Waals surface area contributed by atoms with Gasteiger partial charge in [0.15, 0.2) is 0 Å². The molecule has 0 bridgehead atoms. The molecule has 3 aromatic heterocycles. The lowest BCUT2D eigenvalue weighted by Crippen LogP contribution is -2.14. The number of para-hydroxylation sites is 1. The molecular formula is C17H13N5OS. The smallest absolute Gasteiger partial charge is 0.295 e. The van der Waals surface area contributed by atoms with E-state index in [1.165, 1.54) is 0 Å². The standard InChI is InChI=1S/C17H13N5OS/c1-11-8-9-18-17-20-15(21-22(11)17)16(23)19-13-6-3-2-5-12(13)14-7-4-10-24-14/h2-10H,1H3,(H,19,23). The number of anilines is 1. The highest BCUT2D eigenvalue weighted by Gasteiger charge is 2.16. The molecule has 0 unspecified atom stereocenters. The minimum Gasteiger partial charge on any atom is -0.319 e. The number of aryl methyl sites for hydroxylation is 1. The number of carbonyl (C=O) groups excluding carboxylic acids is 1. The molecule has 6 nitrogen and oxygen atoms in total. The Balaban J connectivity index is 1.68. The normalized spacial score (nSPS) is 10.9. The van der Waals surface area contributed by atoms with E-state index in [0.29, 0.717) is 5.78 Å². The number of carbonyl (C=O) groups is 1. The van der Waals surface area contributed by atoms with Gasteiger partial charge in [-0.15, -0.1) is 16.4 Å². The molecule has 0 aliphatic rings. The molecule has 1 N–H and O–H groups in total. The summed E-state index contributed by atoms with van der Waals surface area (Å²) in [5.41, 5.74) is 2.57. The summed E-state index contributed by atoms with van der Waals surface area (Å²) >= 11 is 1.62. The predicted octanol–water partition coefficient (Wildman–Crippen LogP) is 3.41. The summed E-state index contributed by atoms with van der Waals surface area (Å²) < 4.78 is 1.56. The van der Waals surface area contributed by atoms with Gasteiger partial charge in [0.25, 0.3) is 11.7 Å². The van der Waals surface area contributed by atoms with Gasteiger partial charge in [0, 0.05) is 28.0 Å². The van der Waals surface area contributed by atoms with Crippen molar-refractivity contribution in [2.75, 3.05) is 5.32 Å². The van der Waals surface area contributed by atoms with Crippen molar-refractivity contribution in [3.63, 3.8) is 0 Å². The van der Waals surface area contributed by atoms with Crippen LogP contribution in [-0.4, -0.2) is 25.5 Å². The number of nitrogens with zero attached hydrogens (tertiary/aromatic N) is 4. The van der Waals surface area contributed by atoms with Crippen LogP contribution in [0, 0.1) is 6.92 Å². The summed E-state index contributed by atoms with van der Waals surface area (Å²) in [6.45, 7) is 1.89. The molecule has 4 aromatic rings. The van der Waals surface area contributed by atoms with Crippen LogP contribution in [-0.2, 0) is 0 Å². The van der Waals surface area contributed by atoms with Crippen molar-refractivity contribution in [3.05, 3.63) is 65.6 Å². The summed E-state index contributed by atoms with van der Waals surface area (Å²) in [6.07, 6.45) is 1.65. The number of hydrogen-bond acceptors (Lipinski definition) is 5. The maximum atomic E-state index is 12.5. The Bertz CT molecular complexity index is 1020. The summed E-state index contributed by atoms with van der Waals surface area (Å²) in [5.74, 6) is 0.147. The largest absolute Gasteiger partial charge is 0.319 e. The van der Waals surface area contributed by atoms with Gasteiger partial charge < -0.3 is 5.32 Å². The number of fused-ring (bicyclic) bond motifs is 1. The summed E-state index contributed by atoms with van der Waals surface area (Å²) in [6, 6.07) is 13.5. The zero-order valence-corrected chi connectivity index (χ0v) is 13.6. The molecule has 0 radical (unpaired) electrons. The van der Waals surface area contributed by atoms with Crippen molar-refractivity contribution in [2.45, 2.75) is 6.92 Å². The van der Waals surface area contributed by atoms with Crippen molar-refractivity contribution in [3.8, 4) is 10.4 Å². The van der Waals surface area contributed by atoms with E-state index >= 15 is 0 Å². The Morgan fingerprint density at radius 2 is 2.04 bits per heavy atom. The van der Waals surface area contributed by atoms with Gasteiger partial charge in [-0.2, -0.15) is 4.98 Å². The van der Waals surface area contributed by atoms with Crippen molar-refractivity contribution in [2.24, 2.45) is 0 Å². The molecule has 0 saturated carbocycles. The molecule has 1 aromatic carbocycles. The topological polar surface area (TPSA) is 72.2 Å². The average Bonchev–Trinajstić information content (AvgIpc) is 3.25. The van der Waals surface area contributed by atoms with Crippen LogP contribution >= 0.6 is 11.3 Å². The van der Waals surface area contributed by atoms with E-state index in [1.807, 2.05) is 54.8 Å². The highest BCUT2D eigenvalue weighted by atomic mass is 32.1. The van der Waals surface area contributed by atoms with Gasteiger partial charge in [-0.05, 0) is 30.5 Å². The molecule has 1 amide bonds. The third-order valence-corrected chi connectivity index (χ3v) is 4.50. The number of nitrogens with one attached hydrogen (secondary N) is 1. The van der Waals surface area contributed by atoms with Crippen LogP contribution in [0.4, 0.5) is 5.69 Å². The van der Waals surface area contributed by atoms with E-state index in [1.54, 1.807) is 22.0 Å². The number of thiophene rings is 1. The number of amides is 1. The lowest BCUT2D eigenvalue weighted by Gasteiger charge is -2.08. The molecular weight excluding hydrogens is 322 g/mol. The molecule has 0 fully saturated rings. The van der Waals surface area contributed by atoms with E-state index in [2.05, 4.69) is 20.4 Å². The molecule has 0 aliphatic carbocycles. The third-order valence-electron chi connectivity index (χ3n) is 3.59. The molecule has 24 heavy (non-hydrogen) atoms. The molecule has 0 saturated heterocycles. The zero-order valence-electron chi connectivity index (χ0n) is 12.8. The molecule has 4 rings (SSSR count). The fraction of sp³-hybridized carbons (Fsp3) is 0.0588. The van der Waals surface area contributed by atoms with E-state index < -0.39 is 0 Å². The van der Waals surface area contributed by atoms with Crippen molar-refractivity contribution in [1.82, 2.24) is 19.6 Å². The highest BCUT2D eigenvalue weighted by molar-refractivity contribution is 7.13. The van der Waals surface area contributed by atoms with Gasteiger partial charge in [0.05, 0.1) is 0 Å². The van der Waals surface area contributed by atoms with Gasteiger partial charge in [0.1, 0.15) is 0 Å². The lowest BCUT2D eigenvalue weighted by atomic mass is 10.1. The first-order valence-corrected chi connectivity index (χ1v) is 8.23. The Kier molecular flexibility index (Phi) is 3.55. The summed E-state index contributed by atoms with van der Waals surface area (Å²) in [5, 5.41) is 9.14. The number of benzene rings is 1. The minimum atomic E-state index is -0.357. The first-order chi connectivity index (χ1) is 11.7. The quantitative estimate of drug-likeness (QED) is 0.623. The van der Waals surface area contributed by atoms with Gasteiger partial charge >= 0.3 is 0 Å². The molecule has 7 heteroatoms. The Labute approximate surface area is 141 Å². The number of hydrogen-bond donors (Lipinski definition) is 1. The third kappa shape index (κ3) is 2.55. The van der Waals surface area contributed by atoms with E-state index in [9.17, 15) is 4.79 Å². The monoisotopic (exact) mass is 335 g/mol. The first-order valence-electron chi connectivity index (χ1n) is 7.35. The SMILES string of the molecule is Cc1ccnc2nc(C(=O)Nc3ccccc3-c3cccs3)nn12. The van der Waals surface area contributed by atoms with Crippen LogP contribution in [0.1, 0.15) is 16.3 Å². The van der Waals surface area contributed by atoms with Crippen molar-refractivity contribution >= 4 is 28.7 Å². The van der Waals surface area contributed by atoms with E-state index in [-0.39, 0.29) is 11.7 Å². The van der Waals surface area contributed by atoms with Crippen LogP contribution in [0.3, 0.4) is 0 Å². The van der Waals surface area contributed by atoms with E-state index in [0.717, 1.165) is 21.8 Å². The molecule has 0 atom stereocenters. The molecule has 0 aliphatic heterocycles. The Morgan fingerprint density at radius 1 is 1.17 bits per heavy atom. The average molecular weight is 335 g/mol. The zero-order chi connectivity index (χ0) is 16.5. The van der Waals surface area contributed by atoms with Crippen molar-refractivity contribution < 1.29 is 4.79 Å². The lowest BCUT2D eigenvalue weighted by molar-refractivity contribution is 0.101. The van der Waals surface area contributed by atoms with Gasteiger partial charge in [-0.3, -0.25) is 4.79 Å². The second-order valence-corrected chi connectivity index (χ2v) is 6.16. The minimum absolute atomic E-state index is 0.0952. The molecule has 3 heterocycles. The predicted molar refractivity (Wildman–Crippen MR) is 93.2 cm³/mol.